The molecule has 0 bridgehead atoms. The van der Waals surface area contributed by atoms with Crippen LogP contribution in [0.2, 0.25) is 0 Å². The van der Waals surface area contributed by atoms with Crippen LogP contribution in [0.5, 0.6) is 0 Å². The number of aromatic nitrogens is 1. The molecule has 0 amide bonds. The number of fused-ring (bicyclic) bond motifs is 1. The predicted molar refractivity (Wildman–Crippen MR) is 70.7 cm³/mol. The molecule has 0 radical (unpaired) electrons. The molecule has 0 atom stereocenters. The Morgan fingerprint density at radius 3 is 2.78 bits per heavy atom. The highest BCUT2D eigenvalue weighted by atomic mass is 16.4. The first-order chi connectivity index (χ1) is 8.66. The van der Waals surface area contributed by atoms with Crippen LogP contribution in [0, 0.1) is 12.8 Å². The molecule has 0 saturated heterocycles. The van der Waals surface area contributed by atoms with Crippen LogP contribution in [0.3, 0.4) is 0 Å². The summed E-state index contributed by atoms with van der Waals surface area (Å²) in [6.07, 6.45) is 2.73. The van der Waals surface area contributed by atoms with Crippen LogP contribution in [-0.2, 0) is 17.8 Å². The minimum atomic E-state index is -0.757. The van der Waals surface area contributed by atoms with Gasteiger partial charge in [-0.15, -0.1) is 0 Å². The van der Waals surface area contributed by atoms with Gasteiger partial charge in [-0.05, 0) is 37.3 Å². The lowest BCUT2D eigenvalue weighted by Crippen LogP contribution is -2.05. The number of carboxylic acid groups (broad SMARTS) is 1. The van der Waals surface area contributed by atoms with Crippen molar-refractivity contribution in [2.45, 2.75) is 32.7 Å². The van der Waals surface area contributed by atoms with E-state index in [1.54, 1.807) is 0 Å². The maximum atomic E-state index is 11.0. The van der Waals surface area contributed by atoms with E-state index in [-0.39, 0.29) is 6.42 Å². The van der Waals surface area contributed by atoms with E-state index in [0.717, 1.165) is 29.1 Å². The molecule has 1 heterocycles. The lowest BCUT2D eigenvalue weighted by Gasteiger charge is -2.07. The molecule has 1 N–H and O–H groups in total. The summed E-state index contributed by atoms with van der Waals surface area (Å²) in [6, 6.07) is 8.13. The van der Waals surface area contributed by atoms with Crippen LogP contribution in [0.4, 0.5) is 0 Å². The molecule has 1 aromatic carbocycles. The van der Waals surface area contributed by atoms with Gasteiger partial charge in [0.1, 0.15) is 0 Å². The van der Waals surface area contributed by atoms with Crippen LogP contribution in [-0.4, -0.2) is 15.6 Å². The second-order valence-corrected chi connectivity index (χ2v) is 5.21. The van der Waals surface area contributed by atoms with Crippen molar-refractivity contribution in [3.63, 3.8) is 0 Å². The molecular formula is C15H17NO2. The van der Waals surface area contributed by atoms with Crippen molar-refractivity contribution in [1.29, 1.82) is 0 Å². The van der Waals surface area contributed by atoms with E-state index in [4.69, 9.17) is 5.11 Å². The van der Waals surface area contributed by atoms with Crippen molar-refractivity contribution >= 4 is 16.9 Å². The number of benzene rings is 1. The minimum Gasteiger partial charge on any atom is -0.481 e. The third-order valence-electron chi connectivity index (χ3n) is 3.83. The zero-order valence-corrected chi connectivity index (χ0v) is 10.5. The SMILES string of the molecule is Cc1c(CC(=O)O)c2ccccc2n1CC1CC1. The average Bonchev–Trinajstić information content (AvgIpc) is 3.12. The van der Waals surface area contributed by atoms with Gasteiger partial charge >= 0.3 is 5.97 Å². The maximum Gasteiger partial charge on any atom is 0.307 e. The van der Waals surface area contributed by atoms with E-state index in [0.29, 0.717) is 0 Å². The van der Waals surface area contributed by atoms with Crippen LogP contribution in [0.15, 0.2) is 24.3 Å². The maximum absolute atomic E-state index is 11.0. The van der Waals surface area contributed by atoms with Gasteiger partial charge < -0.3 is 9.67 Å². The zero-order valence-electron chi connectivity index (χ0n) is 10.5. The molecule has 1 aliphatic carbocycles. The Morgan fingerprint density at radius 1 is 1.39 bits per heavy atom. The molecule has 18 heavy (non-hydrogen) atoms. The standard InChI is InChI=1S/C15H17NO2/c1-10-13(8-15(17)18)12-4-2-3-5-14(12)16(10)9-11-6-7-11/h2-5,11H,6-9H2,1H3,(H,17,18). The van der Waals surface area contributed by atoms with Crippen molar-refractivity contribution < 1.29 is 9.90 Å². The van der Waals surface area contributed by atoms with Gasteiger partial charge in [-0.3, -0.25) is 4.79 Å². The number of hydrogen-bond acceptors (Lipinski definition) is 1. The molecule has 94 valence electrons. The highest BCUT2D eigenvalue weighted by molar-refractivity contribution is 5.89. The number of para-hydroxylation sites is 1. The molecule has 1 aliphatic rings. The molecule has 1 saturated carbocycles. The Morgan fingerprint density at radius 2 is 2.11 bits per heavy atom. The van der Waals surface area contributed by atoms with Crippen LogP contribution >= 0.6 is 0 Å². The molecular weight excluding hydrogens is 226 g/mol. The molecule has 1 fully saturated rings. The Bertz CT molecular complexity index is 608. The minimum absolute atomic E-state index is 0.115. The van der Waals surface area contributed by atoms with Crippen LogP contribution < -0.4 is 0 Å². The lowest BCUT2D eigenvalue weighted by atomic mass is 10.1. The first-order valence-electron chi connectivity index (χ1n) is 6.45. The van der Waals surface area contributed by atoms with Crippen molar-refractivity contribution in [3.05, 3.63) is 35.5 Å². The lowest BCUT2D eigenvalue weighted by molar-refractivity contribution is -0.136. The molecule has 2 aromatic rings. The fourth-order valence-electron chi connectivity index (χ4n) is 2.67. The molecule has 3 heteroatoms. The molecule has 0 spiro atoms. The molecule has 3 rings (SSSR count). The van der Waals surface area contributed by atoms with E-state index in [9.17, 15) is 4.79 Å². The van der Waals surface area contributed by atoms with Gasteiger partial charge in [-0.2, -0.15) is 0 Å². The highest BCUT2D eigenvalue weighted by Crippen LogP contribution is 2.34. The van der Waals surface area contributed by atoms with Gasteiger partial charge in [0.05, 0.1) is 6.42 Å². The monoisotopic (exact) mass is 243 g/mol. The molecule has 1 aromatic heterocycles. The molecule has 3 nitrogen and oxygen atoms in total. The first kappa shape index (κ1) is 11.3. The smallest absolute Gasteiger partial charge is 0.307 e. The summed E-state index contributed by atoms with van der Waals surface area (Å²) < 4.78 is 2.30. The number of hydrogen-bond donors (Lipinski definition) is 1. The van der Waals surface area contributed by atoms with Gasteiger partial charge in [0.2, 0.25) is 0 Å². The fraction of sp³-hybridized carbons (Fsp3) is 0.400. The Hall–Kier alpha value is -1.77. The summed E-state index contributed by atoms with van der Waals surface area (Å²) in [5, 5.41) is 10.1. The number of carbonyl (C=O) groups is 1. The van der Waals surface area contributed by atoms with Gasteiger partial charge in [0.25, 0.3) is 0 Å². The average molecular weight is 243 g/mol. The predicted octanol–water partition coefficient (Wildman–Crippen LogP) is 2.99. The number of carboxylic acids is 1. The van der Waals surface area contributed by atoms with E-state index in [1.807, 2.05) is 25.1 Å². The quantitative estimate of drug-likeness (QED) is 0.897. The number of nitrogens with zero attached hydrogens (tertiary/aromatic N) is 1. The highest BCUT2D eigenvalue weighted by Gasteiger charge is 2.24. The van der Waals surface area contributed by atoms with Crippen molar-refractivity contribution in [2.75, 3.05) is 0 Å². The molecule has 0 aliphatic heterocycles. The first-order valence-corrected chi connectivity index (χ1v) is 6.45. The number of rotatable bonds is 4. The van der Waals surface area contributed by atoms with E-state index >= 15 is 0 Å². The summed E-state index contributed by atoms with van der Waals surface area (Å²) in [6.45, 7) is 3.08. The van der Waals surface area contributed by atoms with Gasteiger partial charge in [-0.25, -0.2) is 0 Å². The third-order valence-corrected chi connectivity index (χ3v) is 3.83. The number of aliphatic carboxylic acids is 1. The third kappa shape index (κ3) is 1.90. The van der Waals surface area contributed by atoms with Crippen LogP contribution in [0.25, 0.3) is 10.9 Å². The largest absolute Gasteiger partial charge is 0.481 e. The summed E-state index contributed by atoms with van der Waals surface area (Å²) in [7, 11) is 0. The topological polar surface area (TPSA) is 42.2 Å². The van der Waals surface area contributed by atoms with Crippen LogP contribution in [0.1, 0.15) is 24.1 Å². The van der Waals surface area contributed by atoms with Crippen molar-refractivity contribution in [2.24, 2.45) is 5.92 Å². The Kier molecular flexibility index (Phi) is 2.62. The van der Waals surface area contributed by atoms with Gasteiger partial charge in [0.15, 0.2) is 0 Å². The summed E-state index contributed by atoms with van der Waals surface area (Å²) in [5.41, 5.74) is 3.27. The van der Waals surface area contributed by atoms with E-state index in [2.05, 4.69) is 10.6 Å². The molecule has 0 unspecified atom stereocenters. The van der Waals surface area contributed by atoms with Gasteiger partial charge in [0, 0.05) is 23.1 Å². The second kappa shape index (κ2) is 4.16. The van der Waals surface area contributed by atoms with Crippen molar-refractivity contribution in [1.82, 2.24) is 4.57 Å². The Labute approximate surface area is 106 Å². The summed E-state index contributed by atoms with van der Waals surface area (Å²) >= 11 is 0. The summed E-state index contributed by atoms with van der Waals surface area (Å²) in [5.74, 6) is 0.0320. The second-order valence-electron chi connectivity index (χ2n) is 5.21. The fourth-order valence-corrected chi connectivity index (χ4v) is 2.67. The Balaban J connectivity index is 2.14. The zero-order chi connectivity index (χ0) is 12.7. The van der Waals surface area contributed by atoms with E-state index < -0.39 is 5.97 Å². The summed E-state index contributed by atoms with van der Waals surface area (Å²) in [4.78, 5) is 11.0. The van der Waals surface area contributed by atoms with Gasteiger partial charge in [-0.1, -0.05) is 18.2 Å². The van der Waals surface area contributed by atoms with E-state index in [1.165, 1.54) is 18.4 Å². The normalized spacial score (nSPS) is 15.2. The van der Waals surface area contributed by atoms with Crippen molar-refractivity contribution in [3.8, 4) is 0 Å².